The monoisotopic (exact) mass is 418 g/mol. The summed E-state index contributed by atoms with van der Waals surface area (Å²) in [6.07, 6.45) is -0.0327. The van der Waals surface area contributed by atoms with E-state index in [0.717, 1.165) is 0 Å². The Bertz CT molecular complexity index is 1070. The molecule has 2 aliphatic heterocycles. The van der Waals surface area contributed by atoms with Gasteiger partial charge < -0.3 is 28.8 Å². The molecule has 8 nitrogen and oxygen atoms in total. The summed E-state index contributed by atoms with van der Waals surface area (Å²) in [5, 5.41) is 20.0. The van der Waals surface area contributed by atoms with Crippen molar-refractivity contribution in [2.24, 2.45) is 0 Å². The highest BCUT2D eigenvalue weighted by Crippen LogP contribution is 2.45. The fraction of sp³-hybridized carbons (Fsp3) is 0.545. The summed E-state index contributed by atoms with van der Waals surface area (Å²) in [5.74, 6) is 0.0837. The molecule has 3 heterocycles. The fourth-order valence-corrected chi connectivity index (χ4v) is 4.12. The molecule has 2 aliphatic rings. The van der Waals surface area contributed by atoms with Crippen molar-refractivity contribution in [2.75, 3.05) is 6.61 Å². The van der Waals surface area contributed by atoms with Gasteiger partial charge in [0.15, 0.2) is 11.0 Å². The lowest BCUT2D eigenvalue weighted by molar-refractivity contribution is -0.168. The number of phenols is 1. The number of fused-ring (bicyclic) bond motifs is 2. The van der Waals surface area contributed by atoms with E-state index in [2.05, 4.69) is 0 Å². The molecule has 3 atom stereocenters. The zero-order valence-corrected chi connectivity index (χ0v) is 17.5. The lowest BCUT2D eigenvalue weighted by Crippen LogP contribution is -2.50. The van der Waals surface area contributed by atoms with Crippen molar-refractivity contribution in [1.29, 1.82) is 0 Å². The van der Waals surface area contributed by atoms with Crippen LogP contribution in [0, 0.1) is 6.92 Å². The van der Waals surface area contributed by atoms with Crippen LogP contribution in [-0.2, 0) is 20.7 Å². The second-order valence-corrected chi connectivity index (χ2v) is 8.58. The number of hydrogen-bond acceptors (Lipinski definition) is 8. The Morgan fingerprint density at radius 1 is 1.33 bits per heavy atom. The lowest BCUT2D eigenvalue weighted by Gasteiger charge is -2.39. The van der Waals surface area contributed by atoms with E-state index in [1.807, 2.05) is 0 Å². The van der Waals surface area contributed by atoms with Gasteiger partial charge in [0.05, 0.1) is 6.10 Å². The number of phenolic OH excluding ortho intramolecular Hbond substituents is 1. The van der Waals surface area contributed by atoms with Crippen molar-refractivity contribution in [2.45, 2.75) is 70.4 Å². The van der Waals surface area contributed by atoms with Gasteiger partial charge in [-0.25, -0.2) is 4.79 Å². The van der Waals surface area contributed by atoms with Crippen molar-refractivity contribution >= 4 is 16.9 Å². The first kappa shape index (κ1) is 20.7. The smallest absolute Gasteiger partial charge is 0.341 e. The highest BCUT2D eigenvalue weighted by Gasteiger charge is 2.61. The molecule has 1 aromatic carbocycles. The average Bonchev–Trinajstić information content (AvgIpc) is 3.31. The van der Waals surface area contributed by atoms with Crippen LogP contribution in [0.1, 0.15) is 44.9 Å². The van der Waals surface area contributed by atoms with Gasteiger partial charge in [-0.1, -0.05) is 0 Å². The average molecular weight is 418 g/mol. The van der Waals surface area contributed by atoms with Crippen molar-refractivity contribution in [1.82, 2.24) is 0 Å². The second kappa shape index (κ2) is 6.99. The molecule has 30 heavy (non-hydrogen) atoms. The molecule has 0 radical (unpaired) electrons. The molecule has 0 amide bonds. The topological polar surface area (TPSA) is 119 Å². The van der Waals surface area contributed by atoms with E-state index in [0.29, 0.717) is 29.9 Å². The third kappa shape index (κ3) is 3.24. The Labute approximate surface area is 173 Å². The Morgan fingerprint density at radius 3 is 2.67 bits per heavy atom. The Morgan fingerprint density at radius 2 is 2.03 bits per heavy atom. The molecule has 1 aromatic heterocycles. The number of ether oxygens (including phenoxy) is 3. The molecule has 0 spiro atoms. The molecule has 1 fully saturated rings. The van der Waals surface area contributed by atoms with Crippen molar-refractivity contribution in [3.8, 4) is 11.5 Å². The number of aromatic hydroxyl groups is 1. The SMILES string of the molecule is Cc1cc(=O)c2c(O)c3c(cc2o1)OC(C)(C)[C@H](OC(=O)[C@@]1(CCCO)O[C@@H]1C)C3. The number of carbonyl (C=O) groups is 1. The number of aryl methyl sites for hydroxylation is 1. The first-order chi connectivity index (χ1) is 14.1. The van der Waals surface area contributed by atoms with Gasteiger partial charge in [0, 0.05) is 30.7 Å². The minimum absolute atomic E-state index is 0.0421. The summed E-state index contributed by atoms with van der Waals surface area (Å²) in [4.78, 5) is 25.3. The van der Waals surface area contributed by atoms with Gasteiger partial charge >= 0.3 is 5.97 Å². The van der Waals surface area contributed by atoms with Gasteiger partial charge in [0.25, 0.3) is 0 Å². The predicted octanol–water partition coefficient (Wildman–Crippen LogP) is 2.36. The molecule has 0 aliphatic carbocycles. The number of rotatable bonds is 5. The number of aliphatic hydroxyl groups excluding tert-OH is 1. The summed E-state index contributed by atoms with van der Waals surface area (Å²) < 4.78 is 23.0. The van der Waals surface area contributed by atoms with Gasteiger partial charge in [0.2, 0.25) is 0 Å². The van der Waals surface area contributed by atoms with E-state index in [9.17, 15) is 14.7 Å². The molecule has 0 saturated carbocycles. The summed E-state index contributed by atoms with van der Waals surface area (Å²) in [6.45, 7) is 6.98. The highest BCUT2D eigenvalue weighted by atomic mass is 16.7. The molecule has 8 heteroatoms. The Hall–Kier alpha value is -2.58. The summed E-state index contributed by atoms with van der Waals surface area (Å²) in [6, 6.07) is 2.91. The predicted molar refractivity (Wildman–Crippen MR) is 107 cm³/mol. The van der Waals surface area contributed by atoms with E-state index in [-0.39, 0.29) is 41.3 Å². The van der Waals surface area contributed by atoms with E-state index in [1.54, 1.807) is 33.8 Å². The van der Waals surface area contributed by atoms with Crippen LogP contribution < -0.4 is 10.2 Å². The van der Waals surface area contributed by atoms with Gasteiger partial charge in [0.1, 0.15) is 39.9 Å². The maximum atomic E-state index is 12.9. The number of aliphatic hydroxyl groups is 1. The molecule has 2 N–H and O–H groups in total. The van der Waals surface area contributed by atoms with Crippen LogP contribution in [0.25, 0.3) is 11.0 Å². The van der Waals surface area contributed by atoms with Crippen LogP contribution in [0.5, 0.6) is 11.5 Å². The largest absolute Gasteiger partial charge is 0.507 e. The highest BCUT2D eigenvalue weighted by molar-refractivity contribution is 5.87. The number of hydrogen-bond donors (Lipinski definition) is 2. The maximum Gasteiger partial charge on any atom is 0.341 e. The van der Waals surface area contributed by atoms with E-state index in [4.69, 9.17) is 23.7 Å². The molecular weight excluding hydrogens is 392 g/mol. The van der Waals surface area contributed by atoms with E-state index >= 15 is 0 Å². The molecule has 162 valence electrons. The van der Waals surface area contributed by atoms with Gasteiger partial charge in [-0.3, -0.25) is 4.79 Å². The number of epoxide rings is 1. The van der Waals surface area contributed by atoms with Gasteiger partial charge in [-0.05, 0) is 40.5 Å². The molecule has 2 aromatic rings. The fourth-order valence-electron chi connectivity index (χ4n) is 4.12. The summed E-state index contributed by atoms with van der Waals surface area (Å²) in [5.41, 5.74) is -1.65. The van der Waals surface area contributed by atoms with Crippen LogP contribution in [0.3, 0.4) is 0 Å². The molecule has 4 rings (SSSR count). The van der Waals surface area contributed by atoms with E-state index in [1.165, 1.54) is 6.07 Å². The van der Waals surface area contributed by atoms with E-state index < -0.39 is 23.3 Å². The summed E-state index contributed by atoms with van der Waals surface area (Å²) >= 11 is 0. The first-order valence-electron chi connectivity index (χ1n) is 10.1. The van der Waals surface area contributed by atoms with Crippen LogP contribution in [-0.4, -0.2) is 46.2 Å². The Kier molecular flexibility index (Phi) is 4.82. The minimum Gasteiger partial charge on any atom is -0.507 e. The summed E-state index contributed by atoms with van der Waals surface area (Å²) in [7, 11) is 0. The molecular formula is C22H26O8. The maximum absolute atomic E-state index is 12.9. The normalized spacial score (nSPS) is 26.7. The van der Waals surface area contributed by atoms with Crippen LogP contribution in [0.15, 0.2) is 21.3 Å². The Balaban J connectivity index is 1.67. The van der Waals surface area contributed by atoms with Crippen LogP contribution in [0.4, 0.5) is 0 Å². The zero-order valence-electron chi connectivity index (χ0n) is 17.5. The molecule has 0 bridgehead atoms. The first-order valence-corrected chi connectivity index (χ1v) is 10.1. The number of benzene rings is 1. The minimum atomic E-state index is -1.05. The van der Waals surface area contributed by atoms with Crippen molar-refractivity contribution < 1.29 is 33.6 Å². The van der Waals surface area contributed by atoms with Crippen molar-refractivity contribution in [3.63, 3.8) is 0 Å². The number of esters is 1. The molecule has 0 unspecified atom stereocenters. The number of carbonyl (C=O) groups excluding carboxylic acids is 1. The third-order valence-corrected chi connectivity index (χ3v) is 6.01. The second-order valence-electron chi connectivity index (χ2n) is 8.58. The quantitative estimate of drug-likeness (QED) is 0.561. The van der Waals surface area contributed by atoms with Gasteiger partial charge in [-0.15, -0.1) is 0 Å². The van der Waals surface area contributed by atoms with Crippen LogP contribution in [0.2, 0.25) is 0 Å². The standard InChI is InChI=1S/C22H26O8/c1-11-8-14(24)18-16(27-11)10-15-13(19(18)25)9-17(21(3,4)30-15)28-20(26)22(6-5-7-23)12(2)29-22/h8,10,12,17,23,25H,5-7,9H2,1-4H3/t12-,17-,22+/m1/s1. The lowest BCUT2D eigenvalue weighted by atomic mass is 9.89. The zero-order chi connectivity index (χ0) is 21.8. The van der Waals surface area contributed by atoms with Crippen molar-refractivity contribution in [3.05, 3.63) is 33.7 Å². The third-order valence-electron chi connectivity index (χ3n) is 6.01. The molecule has 1 saturated heterocycles. The van der Waals surface area contributed by atoms with Crippen LogP contribution >= 0.6 is 0 Å². The van der Waals surface area contributed by atoms with Gasteiger partial charge in [-0.2, -0.15) is 0 Å².